The summed E-state index contributed by atoms with van der Waals surface area (Å²) in [6.07, 6.45) is 8.21. The molecule has 112 valence electrons. The smallest absolute Gasteiger partial charge is 0.0580 e. The third-order valence-electron chi connectivity index (χ3n) is 4.72. The van der Waals surface area contributed by atoms with Crippen LogP contribution >= 0.6 is 0 Å². The third kappa shape index (κ3) is 4.29. The van der Waals surface area contributed by atoms with E-state index in [4.69, 9.17) is 0 Å². The quantitative estimate of drug-likeness (QED) is 0.867. The molecule has 1 saturated carbocycles. The van der Waals surface area contributed by atoms with Crippen molar-refractivity contribution >= 4 is 0 Å². The number of pyridine rings is 1. The van der Waals surface area contributed by atoms with E-state index in [2.05, 4.69) is 35.9 Å². The predicted molar refractivity (Wildman–Crippen MR) is 82.3 cm³/mol. The molecule has 0 bridgehead atoms. The van der Waals surface area contributed by atoms with Crippen LogP contribution in [0.3, 0.4) is 0 Å². The van der Waals surface area contributed by atoms with Crippen LogP contribution in [0.2, 0.25) is 0 Å². The van der Waals surface area contributed by atoms with Gasteiger partial charge in [-0.3, -0.25) is 9.88 Å². The van der Waals surface area contributed by atoms with Gasteiger partial charge in [0, 0.05) is 25.5 Å². The van der Waals surface area contributed by atoms with Crippen molar-refractivity contribution in [3.05, 3.63) is 30.1 Å². The number of hydrogen-bond donors (Lipinski definition) is 1. The van der Waals surface area contributed by atoms with Crippen LogP contribution in [-0.2, 0) is 6.54 Å². The Labute approximate surface area is 123 Å². The van der Waals surface area contributed by atoms with Gasteiger partial charge < -0.3 is 5.11 Å². The highest BCUT2D eigenvalue weighted by Gasteiger charge is 2.29. The summed E-state index contributed by atoms with van der Waals surface area (Å²) in [5.41, 5.74) is 1.30. The molecule has 3 nitrogen and oxygen atoms in total. The molecule has 20 heavy (non-hydrogen) atoms. The Balaban J connectivity index is 1.91. The lowest BCUT2D eigenvalue weighted by atomic mass is 9.78. The van der Waals surface area contributed by atoms with Crippen LogP contribution in [0.1, 0.15) is 45.1 Å². The average Bonchev–Trinajstić information content (AvgIpc) is 2.49. The van der Waals surface area contributed by atoms with E-state index in [1.54, 1.807) is 0 Å². The number of rotatable bonds is 6. The van der Waals surface area contributed by atoms with Crippen LogP contribution in [0.5, 0.6) is 0 Å². The average molecular weight is 276 g/mol. The normalized spacial score (nSPS) is 26.9. The van der Waals surface area contributed by atoms with Gasteiger partial charge in [-0.25, -0.2) is 0 Å². The largest absolute Gasteiger partial charge is 0.393 e. The fourth-order valence-electron chi connectivity index (χ4n) is 3.30. The lowest BCUT2D eigenvalue weighted by Gasteiger charge is -2.36. The maximum absolute atomic E-state index is 10.3. The molecule has 0 aromatic carbocycles. The van der Waals surface area contributed by atoms with Gasteiger partial charge in [0.05, 0.1) is 6.10 Å². The molecule has 3 heteroatoms. The third-order valence-corrected chi connectivity index (χ3v) is 4.72. The summed E-state index contributed by atoms with van der Waals surface area (Å²) >= 11 is 0. The summed E-state index contributed by atoms with van der Waals surface area (Å²) in [6.45, 7) is 7.47. The van der Waals surface area contributed by atoms with Crippen LogP contribution in [0.15, 0.2) is 24.5 Å². The van der Waals surface area contributed by atoms with Crippen LogP contribution in [-0.4, -0.2) is 34.2 Å². The van der Waals surface area contributed by atoms with E-state index in [0.29, 0.717) is 5.92 Å². The molecular formula is C17H28N2O. The molecule has 1 aromatic heterocycles. The SMILES string of the molecule is CCC1CCC(O)C(CN(CC)Cc2ccncc2)C1. The highest BCUT2D eigenvalue weighted by atomic mass is 16.3. The Morgan fingerprint density at radius 2 is 2.00 bits per heavy atom. The molecule has 3 unspecified atom stereocenters. The molecule has 0 aliphatic heterocycles. The summed E-state index contributed by atoms with van der Waals surface area (Å²) in [7, 11) is 0. The number of aliphatic hydroxyl groups is 1. The molecule has 1 heterocycles. The summed E-state index contributed by atoms with van der Waals surface area (Å²) in [6, 6.07) is 4.16. The van der Waals surface area contributed by atoms with Crippen molar-refractivity contribution in [2.45, 2.75) is 52.2 Å². The minimum absolute atomic E-state index is 0.107. The topological polar surface area (TPSA) is 36.4 Å². The van der Waals surface area contributed by atoms with E-state index >= 15 is 0 Å². The molecule has 1 aliphatic carbocycles. The Kier molecular flexibility index (Phi) is 5.99. The molecule has 1 fully saturated rings. The maximum Gasteiger partial charge on any atom is 0.0580 e. The molecule has 0 saturated heterocycles. The van der Waals surface area contributed by atoms with Crippen molar-refractivity contribution in [1.29, 1.82) is 0 Å². The van der Waals surface area contributed by atoms with Crippen LogP contribution in [0.4, 0.5) is 0 Å². The van der Waals surface area contributed by atoms with E-state index < -0.39 is 0 Å². The molecule has 3 atom stereocenters. The van der Waals surface area contributed by atoms with Gasteiger partial charge in [0.15, 0.2) is 0 Å². The summed E-state index contributed by atoms with van der Waals surface area (Å²) in [5, 5.41) is 10.3. The maximum atomic E-state index is 10.3. The van der Waals surface area contributed by atoms with E-state index in [0.717, 1.165) is 32.0 Å². The monoisotopic (exact) mass is 276 g/mol. The van der Waals surface area contributed by atoms with E-state index in [1.807, 2.05) is 12.4 Å². The minimum Gasteiger partial charge on any atom is -0.393 e. The van der Waals surface area contributed by atoms with Crippen LogP contribution in [0.25, 0.3) is 0 Å². The Bertz CT molecular complexity index is 382. The summed E-state index contributed by atoms with van der Waals surface area (Å²) < 4.78 is 0. The Morgan fingerprint density at radius 1 is 1.25 bits per heavy atom. The molecule has 0 amide bonds. The van der Waals surface area contributed by atoms with Gasteiger partial charge in [0.2, 0.25) is 0 Å². The van der Waals surface area contributed by atoms with Gasteiger partial charge in [-0.1, -0.05) is 20.3 Å². The standard InChI is InChI=1S/C17H28N2O/c1-3-14-5-6-17(20)16(11-14)13-19(4-2)12-15-7-9-18-10-8-15/h7-10,14,16-17,20H,3-6,11-13H2,1-2H3. The van der Waals surface area contributed by atoms with Gasteiger partial charge in [0.25, 0.3) is 0 Å². The fourth-order valence-corrected chi connectivity index (χ4v) is 3.30. The molecular weight excluding hydrogens is 248 g/mol. The molecule has 0 radical (unpaired) electrons. The number of hydrogen-bond acceptors (Lipinski definition) is 3. The first kappa shape index (κ1) is 15.5. The van der Waals surface area contributed by atoms with Crippen molar-refractivity contribution in [3.63, 3.8) is 0 Å². The van der Waals surface area contributed by atoms with Crippen molar-refractivity contribution < 1.29 is 5.11 Å². The van der Waals surface area contributed by atoms with Gasteiger partial charge >= 0.3 is 0 Å². The highest BCUT2D eigenvalue weighted by Crippen LogP contribution is 2.32. The molecule has 1 aromatic rings. The zero-order valence-electron chi connectivity index (χ0n) is 12.8. The number of nitrogens with zero attached hydrogens (tertiary/aromatic N) is 2. The number of aromatic nitrogens is 1. The first-order valence-electron chi connectivity index (χ1n) is 8.02. The van der Waals surface area contributed by atoms with Gasteiger partial charge in [-0.05, 0) is 55.3 Å². The second-order valence-electron chi connectivity index (χ2n) is 6.10. The van der Waals surface area contributed by atoms with Crippen LogP contribution < -0.4 is 0 Å². The van der Waals surface area contributed by atoms with E-state index in [9.17, 15) is 5.11 Å². The van der Waals surface area contributed by atoms with E-state index in [-0.39, 0.29) is 6.10 Å². The molecule has 0 spiro atoms. The lowest BCUT2D eigenvalue weighted by Crippen LogP contribution is -2.38. The van der Waals surface area contributed by atoms with E-state index in [1.165, 1.54) is 24.8 Å². The minimum atomic E-state index is -0.107. The Hall–Kier alpha value is -0.930. The van der Waals surface area contributed by atoms with Crippen molar-refractivity contribution in [2.24, 2.45) is 11.8 Å². The van der Waals surface area contributed by atoms with Crippen molar-refractivity contribution in [3.8, 4) is 0 Å². The first-order chi connectivity index (χ1) is 9.72. The van der Waals surface area contributed by atoms with Crippen LogP contribution in [0, 0.1) is 11.8 Å². The van der Waals surface area contributed by atoms with Gasteiger partial charge in [0.1, 0.15) is 0 Å². The Morgan fingerprint density at radius 3 is 2.65 bits per heavy atom. The summed E-state index contributed by atoms with van der Waals surface area (Å²) in [5.74, 6) is 1.25. The fraction of sp³-hybridized carbons (Fsp3) is 0.706. The highest BCUT2D eigenvalue weighted by molar-refractivity contribution is 5.09. The summed E-state index contributed by atoms with van der Waals surface area (Å²) in [4.78, 5) is 6.51. The van der Waals surface area contributed by atoms with Gasteiger partial charge in [-0.2, -0.15) is 0 Å². The zero-order valence-corrected chi connectivity index (χ0v) is 12.8. The van der Waals surface area contributed by atoms with Gasteiger partial charge in [-0.15, -0.1) is 0 Å². The molecule has 1 aliphatic rings. The second kappa shape index (κ2) is 7.75. The molecule has 1 N–H and O–H groups in total. The molecule has 2 rings (SSSR count). The number of aliphatic hydroxyl groups excluding tert-OH is 1. The predicted octanol–water partition coefficient (Wildman–Crippen LogP) is 3.09. The zero-order chi connectivity index (χ0) is 14.4. The second-order valence-corrected chi connectivity index (χ2v) is 6.10. The van der Waals surface area contributed by atoms with Crippen molar-refractivity contribution in [2.75, 3.05) is 13.1 Å². The van der Waals surface area contributed by atoms with Crippen molar-refractivity contribution in [1.82, 2.24) is 9.88 Å². The first-order valence-corrected chi connectivity index (χ1v) is 8.02. The lowest BCUT2D eigenvalue weighted by molar-refractivity contribution is 0.0262.